The minimum Gasteiger partial charge on any atom is -0.317 e. The van der Waals surface area contributed by atoms with Gasteiger partial charge in [-0.15, -0.1) is 0 Å². The quantitative estimate of drug-likeness (QED) is 0.751. The number of likely N-dealkylation sites (tertiary alicyclic amines) is 1. The van der Waals surface area contributed by atoms with Gasteiger partial charge in [0.1, 0.15) is 0 Å². The van der Waals surface area contributed by atoms with Gasteiger partial charge in [0.05, 0.1) is 6.54 Å². The van der Waals surface area contributed by atoms with E-state index >= 15 is 0 Å². The third-order valence-electron chi connectivity index (χ3n) is 3.19. The third kappa shape index (κ3) is 3.50. The molecule has 0 radical (unpaired) electrons. The second kappa shape index (κ2) is 5.61. The van der Waals surface area contributed by atoms with E-state index in [4.69, 9.17) is 0 Å². The highest BCUT2D eigenvalue weighted by Crippen LogP contribution is 2.20. The number of nitrogens with one attached hydrogen (secondary N) is 1. The number of nitrogens with zero attached hydrogens (tertiary/aromatic N) is 1. The predicted octanol–water partition coefficient (Wildman–Crippen LogP) is 1.57. The van der Waals surface area contributed by atoms with Crippen LogP contribution in [0.1, 0.15) is 19.8 Å². The van der Waals surface area contributed by atoms with E-state index in [-0.39, 0.29) is 6.54 Å². The Hall–Kier alpha value is -0.220. The van der Waals surface area contributed by atoms with Gasteiger partial charge in [-0.3, -0.25) is 4.90 Å². The molecule has 0 aromatic rings. The van der Waals surface area contributed by atoms with E-state index < -0.39 is 6.43 Å². The second-order valence-corrected chi connectivity index (χ2v) is 4.11. The Kier molecular flexibility index (Phi) is 4.75. The molecule has 1 unspecified atom stereocenters. The van der Waals surface area contributed by atoms with E-state index in [0.29, 0.717) is 12.0 Å². The highest BCUT2D eigenvalue weighted by Gasteiger charge is 2.24. The van der Waals surface area contributed by atoms with Crippen LogP contribution in [0.15, 0.2) is 0 Å². The summed E-state index contributed by atoms with van der Waals surface area (Å²) >= 11 is 0. The summed E-state index contributed by atoms with van der Waals surface area (Å²) < 4.78 is 24.2. The van der Waals surface area contributed by atoms with Crippen LogP contribution in [-0.2, 0) is 0 Å². The van der Waals surface area contributed by atoms with Crippen molar-refractivity contribution in [2.24, 2.45) is 5.92 Å². The first-order valence-corrected chi connectivity index (χ1v) is 5.31. The summed E-state index contributed by atoms with van der Waals surface area (Å²) in [6.07, 6.45) is -0.114. The van der Waals surface area contributed by atoms with Gasteiger partial charge in [-0.1, -0.05) is 0 Å². The minimum atomic E-state index is -2.19. The molecule has 0 aliphatic carbocycles. The van der Waals surface area contributed by atoms with Crippen molar-refractivity contribution < 1.29 is 8.78 Å². The monoisotopic (exact) mass is 206 g/mol. The van der Waals surface area contributed by atoms with Crippen molar-refractivity contribution in [2.75, 3.05) is 26.7 Å². The molecule has 2 nitrogen and oxygen atoms in total. The van der Waals surface area contributed by atoms with E-state index in [2.05, 4.69) is 12.2 Å². The fourth-order valence-electron chi connectivity index (χ4n) is 2.07. The van der Waals surface area contributed by atoms with Crippen LogP contribution < -0.4 is 5.32 Å². The first-order valence-electron chi connectivity index (χ1n) is 5.31. The number of hydrogen-bond acceptors (Lipinski definition) is 2. The fraction of sp³-hybridized carbons (Fsp3) is 1.00. The van der Waals surface area contributed by atoms with Gasteiger partial charge in [0.15, 0.2) is 0 Å². The lowest BCUT2D eigenvalue weighted by molar-refractivity contribution is 0.0653. The van der Waals surface area contributed by atoms with Gasteiger partial charge >= 0.3 is 0 Å². The van der Waals surface area contributed by atoms with Crippen LogP contribution in [0.4, 0.5) is 8.78 Å². The molecule has 0 aromatic carbocycles. The number of halogens is 2. The molecule has 0 aromatic heterocycles. The maximum absolute atomic E-state index is 12.1. The van der Waals surface area contributed by atoms with E-state index in [0.717, 1.165) is 25.9 Å². The maximum atomic E-state index is 12.1. The van der Waals surface area contributed by atoms with Crippen LogP contribution in [-0.4, -0.2) is 44.0 Å². The molecule has 1 heterocycles. The minimum absolute atomic E-state index is 0.0549. The van der Waals surface area contributed by atoms with Crippen molar-refractivity contribution in [3.05, 3.63) is 0 Å². The zero-order valence-corrected chi connectivity index (χ0v) is 8.97. The molecule has 1 aliphatic rings. The molecule has 0 bridgehead atoms. The molecule has 0 spiro atoms. The Morgan fingerprint density at radius 2 is 1.93 bits per heavy atom. The summed E-state index contributed by atoms with van der Waals surface area (Å²) in [5, 5.41) is 3.22. The van der Waals surface area contributed by atoms with Gasteiger partial charge in [0.2, 0.25) is 0 Å². The average molecular weight is 206 g/mol. The van der Waals surface area contributed by atoms with Crippen LogP contribution in [0.2, 0.25) is 0 Å². The first kappa shape index (κ1) is 11.9. The largest absolute Gasteiger partial charge is 0.317 e. The van der Waals surface area contributed by atoms with Gasteiger partial charge in [-0.2, -0.15) is 0 Å². The van der Waals surface area contributed by atoms with Gasteiger partial charge in [-0.25, -0.2) is 8.78 Å². The molecular formula is C10H20F2N2. The molecule has 1 N–H and O–H groups in total. The van der Waals surface area contributed by atoms with Gasteiger partial charge in [0, 0.05) is 6.04 Å². The summed E-state index contributed by atoms with van der Waals surface area (Å²) in [7, 11) is 1.95. The fourth-order valence-corrected chi connectivity index (χ4v) is 2.07. The van der Waals surface area contributed by atoms with Crippen LogP contribution in [0.25, 0.3) is 0 Å². The summed E-state index contributed by atoms with van der Waals surface area (Å²) in [4.78, 5) is 1.86. The highest BCUT2D eigenvalue weighted by atomic mass is 19.3. The van der Waals surface area contributed by atoms with Crippen molar-refractivity contribution in [3.8, 4) is 0 Å². The standard InChI is InChI=1S/C10H20F2N2/c1-8(13-2)9-3-5-14(6-4-9)7-10(11)12/h8-10,13H,3-7H2,1-2H3. The van der Waals surface area contributed by atoms with Crippen molar-refractivity contribution in [3.63, 3.8) is 0 Å². The van der Waals surface area contributed by atoms with Gasteiger partial charge in [-0.05, 0) is 45.8 Å². The molecule has 1 rings (SSSR count). The molecule has 0 amide bonds. The molecule has 4 heteroatoms. The highest BCUT2D eigenvalue weighted by molar-refractivity contribution is 4.78. The summed E-state index contributed by atoms with van der Waals surface area (Å²) in [6.45, 7) is 3.75. The van der Waals surface area contributed by atoms with Crippen LogP contribution in [0.3, 0.4) is 0 Å². The van der Waals surface area contributed by atoms with Crippen molar-refractivity contribution in [1.29, 1.82) is 0 Å². The van der Waals surface area contributed by atoms with Crippen molar-refractivity contribution >= 4 is 0 Å². The summed E-state index contributed by atoms with van der Waals surface area (Å²) in [5.41, 5.74) is 0. The van der Waals surface area contributed by atoms with E-state index in [1.807, 2.05) is 11.9 Å². The normalized spacial score (nSPS) is 22.9. The molecule has 0 saturated carbocycles. The lowest BCUT2D eigenvalue weighted by atomic mass is 9.90. The molecule has 84 valence electrons. The van der Waals surface area contributed by atoms with Gasteiger partial charge < -0.3 is 5.32 Å². The Balaban J connectivity index is 2.24. The Bertz CT molecular complexity index is 156. The zero-order valence-electron chi connectivity index (χ0n) is 8.97. The van der Waals surface area contributed by atoms with Crippen LogP contribution >= 0.6 is 0 Å². The molecule has 1 atom stereocenters. The maximum Gasteiger partial charge on any atom is 0.251 e. The van der Waals surface area contributed by atoms with Crippen molar-refractivity contribution in [2.45, 2.75) is 32.2 Å². The molecular weight excluding hydrogens is 186 g/mol. The SMILES string of the molecule is CNC(C)C1CCN(CC(F)F)CC1. The first-order chi connectivity index (χ1) is 6.63. The Morgan fingerprint density at radius 1 is 1.36 bits per heavy atom. The number of hydrogen-bond donors (Lipinski definition) is 1. The lowest BCUT2D eigenvalue weighted by Gasteiger charge is -2.34. The van der Waals surface area contributed by atoms with Crippen molar-refractivity contribution in [1.82, 2.24) is 10.2 Å². The third-order valence-corrected chi connectivity index (χ3v) is 3.19. The van der Waals surface area contributed by atoms with Crippen LogP contribution in [0.5, 0.6) is 0 Å². The Morgan fingerprint density at radius 3 is 2.36 bits per heavy atom. The zero-order chi connectivity index (χ0) is 10.6. The molecule has 1 saturated heterocycles. The second-order valence-electron chi connectivity index (χ2n) is 4.11. The number of piperidine rings is 1. The average Bonchev–Trinajstić information content (AvgIpc) is 2.17. The predicted molar refractivity (Wildman–Crippen MR) is 53.7 cm³/mol. The molecule has 1 aliphatic heterocycles. The van der Waals surface area contributed by atoms with Crippen LogP contribution in [0, 0.1) is 5.92 Å². The van der Waals surface area contributed by atoms with E-state index in [1.54, 1.807) is 0 Å². The van der Waals surface area contributed by atoms with E-state index in [1.165, 1.54) is 0 Å². The van der Waals surface area contributed by atoms with E-state index in [9.17, 15) is 8.78 Å². The molecule has 14 heavy (non-hydrogen) atoms. The topological polar surface area (TPSA) is 15.3 Å². The summed E-state index contributed by atoms with van der Waals surface area (Å²) in [6, 6.07) is 0.503. The lowest BCUT2D eigenvalue weighted by Crippen LogP contribution is -2.42. The number of alkyl halides is 2. The Labute approximate surface area is 84.7 Å². The van der Waals surface area contributed by atoms with Gasteiger partial charge in [0.25, 0.3) is 6.43 Å². The summed E-state index contributed by atoms with van der Waals surface area (Å²) in [5.74, 6) is 0.647. The smallest absolute Gasteiger partial charge is 0.251 e. The molecule has 1 fully saturated rings. The number of rotatable bonds is 4.